The fourth-order valence-electron chi connectivity index (χ4n) is 4.43. The van der Waals surface area contributed by atoms with Crippen molar-refractivity contribution in [3.05, 3.63) is 47.6 Å². The second kappa shape index (κ2) is 8.90. The Balaban J connectivity index is 1.31. The van der Waals surface area contributed by atoms with Gasteiger partial charge in [0.1, 0.15) is 23.8 Å². The number of halogens is 2. The summed E-state index contributed by atoms with van der Waals surface area (Å²) in [5, 5.41) is 7.49. The molecule has 0 atom stereocenters. The van der Waals surface area contributed by atoms with Gasteiger partial charge in [0, 0.05) is 63.3 Å². The molecule has 2 aromatic heterocycles. The first-order valence-corrected chi connectivity index (χ1v) is 11.1. The van der Waals surface area contributed by atoms with E-state index in [0.717, 1.165) is 68.8 Å². The highest BCUT2D eigenvalue weighted by atomic mass is 35.5. The molecule has 162 valence electrons. The molecule has 0 saturated carbocycles. The summed E-state index contributed by atoms with van der Waals surface area (Å²) >= 11 is 5.89. The number of rotatable bonds is 4. The maximum absolute atomic E-state index is 13.4. The molecule has 4 heterocycles. The number of piperazine rings is 1. The molecule has 1 aromatic carbocycles. The smallest absolute Gasteiger partial charge is 0.143 e. The normalized spacial score (nSPS) is 18.5. The van der Waals surface area contributed by atoms with E-state index in [2.05, 4.69) is 30.4 Å². The number of aromatic nitrogens is 3. The van der Waals surface area contributed by atoms with E-state index in [-0.39, 0.29) is 5.02 Å². The van der Waals surface area contributed by atoms with Crippen molar-refractivity contribution in [2.45, 2.75) is 18.9 Å². The van der Waals surface area contributed by atoms with Gasteiger partial charge in [0.25, 0.3) is 0 Å². The van der Waals surface area contributed by atoms with E-state index >= 15 is 0 Å². The minimum atomic E-state index is -0.452. The number of benzene rings is 1. The van der Waals surface area contributed by atoms with Crippen LogP contribution in [-0.2, 0) is 0 Å². The van der Waals surface area contributed by atoms with E-state index in [1.807, 2.05) is 6.07 Å². The van der Waals surface area contributed by atoms with Crippen LogP contribution in [0.25, 0.3) is 10.9 Å². The maximum Gasteiger partial charge on any atom is 0.143 e. The lowest BCUT2D eigenvalue weighted by molar-refractivity contribution is 0.150. The highest BCUT2D eigenvalue weighted by Crippen LogP contribution is 2.28. The Morgan fingerprint density at radius 2 is 1.84 bits per heavy atom. The number of nitrogens with one attached hydrogen (secondary N) is 2. The first kappa shape index (κ1) is 20.4. The summed E-state index contributed by atoms with van der Waals surface area (Å²) in [6, 6.07) is 7.17. The molecular formula is C22H25ClFN7. The van der Waals surface area contributed by atoms with Gasteiger partial charge in [-0.05, 0) is 31.0 Å². The van der Waals surface area contributed by atoms with Crippen molar-refractivity contribution >= 4 is 39.8 Å². The van der Waals surface area contributed by atoms with Gasteiger partial charge in [0.15, 0.2) is 0 Å². The fourth-order valence-corrected chi connectivity index (χ4v) is 4.61. The van der Waals surface area contributed by atoms with Crippen LogP contribution in [0.5, 0.6) is 0 Å². The molecule has 31 heavy (non-hydrogen) atoms. The van der Waals surface area contributed by atoms with Gasteiger partial charge >= 0.3 is 0 Å². The van der Waals surface area contributed by atoms with Crippen LogP contribution in [0.1, 0.15) is 12.8 Å². The van der Waals surface area contributed by atoms with Crippen molar-refractivity contribution in [3.8, 4) is 0 Å². The number of fused-ring (bicyclic) bond motifs is 1. The van der Waals surface area contributed by atoms with Crippen LogP contribution < -0.4 is 15.5 Å². The van der Waals surface area contributed by atoms with E-state index in [9.17, 15) is 4.39 Å². The fraction of sp³-hybridized carbons (Fsp3) is 0.409. The predicted octanol–water partition coefficient (Wildman–Crippen LogP) is 3.43. The van der Waals surface area contributed by atoms with Crippen LogP contribution in [0.4, 0.5) is 21.7 Å². The minimum Gasteiger partial charge on any atom is -0.356 e. The molecule has 5 rings (SSSR count). The zero-order valence-electron chi connectivity index (χ0n) is 17.2. The van der Waals surface area contributed by atoms with Gasteiger partial charge in [-0.2, -0.15) is 0 Å². The largest absolute Gasteiger partial charge is 0.356 e. The minimum absolute atomic E-state index is 0.0630. The molecule has 2 aliphatic rings. The molecule has 0 amide bonds. The summed E-state index contributed by atoms with van der Waals surface area (Å²) < 4.78 is 13.4. The van der Waals surface area contributed by atoms with Gasteiger partial charge in [-0.25, -0.2) is 19.3 Å². The molecule has 0 aliphatic carbocycles. The molecule has 2 aliphatic heterocycles. The standard InChI is InChI=1S/C22H25ClFN7/c23-18-11-15(1-2-19(18)24)29-22-17-13-26-21(12-20(17)27-14-28-22)31-7-3-16(4-8-31)30-9-5-25-6-10-30/h1-2,11-14,16,25H,3-10H2,(H,27,28,29). The Morgan fingerprint density at radius 1 is 1.03 bits per heavy atom. The maximum atomic E-state index is 13.4. The topological polar surface area (TPSA) is 69.2 Å². The number of pyridine rings is 1. The molecule has 0 unspecified atom stereocenters. The molecule has 2 N–H and O–H groups in total. The summed E-state index contributed by atoms with van der Waals surface area (Å²) in [5.74, 6) is 1.11. The third-order valence-electron chi connectivity index (χ3n) is 6.15. The van der Waals surface area contributed by atoms with Crippen molar-refractivity contribution in [3.63, 3.8) is 0 Å². The van der Waals surface area contributed by atoms with Crippen LogP contribution in [-0.4, -0.2) is 65.2 Å². The van der Waals surface area contributed by atoms with Crippen LogP contribution >= 0.6 is 11.6 Å². The van der Waals surface area contributed by atoms with Crippen LogP contribution in [0.2, 0.25) is 5.02 Å². The van der Waals surface area contributed by atoms with Crippen molar-refractivity contribution in [2.24, 2.45) is 0 Å². The second-order valence-electron chi connectivity index (χ2n) is 8.04. The number of nitrogens with zero attached hydrogens (tertiary/aromatic N) is 5. The number of piperidine rings is 1. The van der Waals surface area contributed by atoms with Gasteiger partial charge in [0.2, 0.25) is 0 Å². The first-order valence-electron chi connectivity index (χ1n) is 10.7. The number of hydrogen-bond acceptors (Lipinski definition) is 7. The average Bonchev–Trinajstić information content (AvgIpc) is 2.82. The first-order chi connectivity index (χ1) is 15.2. The molecule has 9 heteroatoms. The summed E-state index contributed by atoms with van der Waals surface area (Å²) in [6.07, 6.45) is 5.64. The van der Waals surface area contributed by atoms with Crippen molar-refractivity contribution in [1.29, 1.82) is 0 Å². The third kappa shape index (κ3) is 4.42. The van der Waals surface area contributed by atoms with E-state index in [1.165, 1.54) is 18.5 Å². The van der Waals surface area contributed by atoms with Gasteiger partial charge in [-0.15, -0.1) is 0 Å². The van der Waals surface area contributed by atoms with Gasteiger partial charge < -0.3 is 15.5 Å². The van der Waals surface area contributed by atoms with Crippen molar-refractivity contribution < 1.29 is 4.39 Å². The van der Waals surface area contributed by atoms with E-state index < -0.39 is 5.82 Å². The lowest BCUT2D eigenvalue weighted by Crippen LogP contribution is -2.52. The molecule has 0 radical (unpaired) electrons. The highest BCUT2D eigenvalue weighted by molar-refractivity contribution is 6.31. The Labute approximate surface area is 185 Å². The molecule has 2 saturated heterocycles. The SMILES string of the molecule is Fc1ccc(Nc2ncnc3cc(N4CCC(N5CCNCC5)CC4)ncc23)cc1Cl. The Bertz CT molecular complexity index is 1060. The van der Waals surface area contributed by atoms with Crippen molar-refractivity contribution in [2.75, 3.05) is 49.5 Å². The van der Waals surface area contributed by atoms with Crippen LogP contribution in [0.15, 0.2) is 36.8 Å². The molecule has 3 aromatic rings. The zero-order chi connectivity index (χ0) is 21.2. The molecular weight excluding hydrogens is 417 g/mol. The lowest BCUT2D eigenvalue weighted by atomic mass is 10.0. The van der Waals surface area contributed by atoms with E-state index in [0.29, 0.717) is 17.5 Å². The monoisotopic (exact) mass is 441 g/mol. The second-order valence-corrected chi connectivity index (χ2v) is 8.45. The summed E-state index contributed by atoms with van der Waals surface area (Å²) in [4.78, 5) is 18.4. The molecule has 0 bridgehead atoms. The average molecular weight is 442 g/mol. The highest BCUT2D eigenvalue weighted by Gasteiger charge is 2.26. The molecule has 7 nitrogen and oxygen atoms in total. The van der Waals surface area contributed by atoms with Crippen LogP contribution in [0, 0.1) is 5.82 Å². The van der Waals surface area contributed by atoms with Gasteiger partial charge in [-0.1, -0.05) is 11.6 Å². The van der Waals surface area contributed by atoms with Gasteiger partial charge in [-0.3, -0.25) is 4.90 Å². The van der Waals surface area contributed by atoms with Crippen LogP contribution in [0.3, 0.4) is 0 Å². The Hall–Kier alpha value is -2.55. The summed E-state index contributed by atoms with van der Waals surface area (Å²) in [5.41, 5.74) is 1.48. The Kier molecular flexibility index (Phi) is 5.85. The number of hydrogen-bond donors (Lipinski definition) is 2. The molecule has 2 fully saturated rings. The third-order valence-corrected chi connectivity index (χ3v) is 6.43. The summed E-state index contributed by atoms with van der Waals surface area (Å²) in [7, 11) is 0. The lowest BCUT2D eigenvalue weighted by Gasteiger charge is -2.40. The Morgan fingerprint density at radius 3 is 2.61 bits per heavy atom. The predicted molar refractivity (Wildman–Crippen MR) is 122 cm³/mol. The summed E-state index contributed by atoms with van der Waals surface area (Å²) in [6.45, 7) is 6.46. The van der Waals surface area contributed by atoms with Crippen molar-refractivity contribution in [1.82, 2.24) is 25.2 Å². The van der Waals surface area contributed by atoms with E-state index in [4.69, 9.17) is 16.6 Å². The zero-order valence-corrected chi connectivity index (χ0v) is 17.9. The number of anilines is 3. The van der Waals surface area contributed by atoms with E-state index in [1.54, 1.807) is 12.3 Å². The quantitative estimate of drug-likeness (QED) is 0.642. The molecule has 0 spiro atoms. The van der Waals surface area contributed by atoms with Gasteiger partial charge in [0.05, 0.1) is 15.9 Å².